The van der Waals surface area contributed by atoms with Crippen LogP contribution in [-0.4, -0.2) is 105 Å². The molecule has 22 heteroatoms. The molecule has 0 saturated heterocycles. The number of benzene rings is 1. The van der Waals surface area contributed by atoms with Gasteiger partial charge in [-0.2, -0.15) is 9.77 Å². The summed E-state index contributed by atoms with van der Waals surface area (Å²) in [6, 6.07) is 4.40. The number of hydrogen-bond donors (Lipinski definition) is 9. The molecule has 0 aliphatic carbocycles. The van der Waals surface area contributed by atoms with Crippen molar-refractivity contribution < 1.29 is 72.6 Å². The average molecular weight is 791 g/mol. The number of halogens is 1. The smallest absolute Gasteiger partial charge is 1.00 e. The maximum absolute atomic E-state index is 12.5. The standard InChI is InChI=1S/C22H25N7O5.C8H11N3O4.C3H6O2.ClH/c1-2-11(9-14-10-25-19-17(26-14)18(23)28-22(24)29-19)12-3-5-13(6-4-12)20(32)27-15(21(33)34)7-8-16(30)31;1-5(12)11-7(8(14)15)3-2-6(13)4-10-9;1-2-3(4)5;/h3-6,10-11,15H,2,7-9H2,1H3,(H,27,32)(H,30,31)(H,33,34)(H4,23,24,25,28,29);4,7H,2-3H2,1H3,(H,11,12)(H,14,15);2H2,1H3,(H,4,5);1H/t11?,15-;7-;;/m00../s1. The Balaban J connectivity index is 0. The Morgan fingerprint density at radius 2 is 1.51 bits per heavy atom. The molecular weight excluding hydrogens is 748 g/mol. The van der Waals surface area contributed by atoms with Crippen molar-refractivity contribution >= 4 is 64.7 Å². The summed E-state index contributed by atoms with van der Waals surface area (Å²) in [5, 5.41) is 46.5. The van der Waals surface area contributed by atoms with E-state index in [1.54, 1.807) is 37.4 Å². The minimum Gasteiger partial charge on any atom is -1.00 e. The lowest BCUT2D eigenvalue weighted by Gasteiger charge is -2.17. The van der Waals surface area contributed by atoms with Crippen molar-refractivity contribution in [2.24, 2.45) is 0 Å². The number of H-pyrrole nitrogens is 1. The second-order valence-electron chi connectivity index (χ2n) is 11.3. The number of ketones is 1. The summed E-state index contributed by atoms with van der Waals surface area (Å²) in [6.07, 6.45) is 3.13. The van der Waals surface area contributed by atoms with Crippen molar-refractivity contribution in [1.29, 1.82) is 5.41 Å². The number of Topliss-reactive ketones (excluding diaryl/α,β-unsaturated/α-hetero) is 1. The molecule has 10 N–H and O–H groups in total. The molecule has 3 rings (SSSR count). The number of nitrogen functional groups attached to an aromatic ring is 1. The zero-order valence-electron chi connectivity index (χ0n) is 31.0. The number of fused-ring (bicyclic) bond motifs is 1. The molecule has 2 heterocycles. The predicted octanol–water partition coefficient (Wildman–Crippen LogP) is -1.98. The van der Waals surface area contributed by atoms with E-state index in [2.05, 4.69) is 35.4 Å². The van der Waals surface area contributed by atoms with E-state index < -0.39 is 53.6 Å². The molecule has 3 atom stereocenters. The third-order valence-corrected chi connectivity index (χ3v) is 7.23. The van der Waals surface area contributed by atoms with Crippen LogP contribution >= 0.6 is 0 Å². The second kappa shape index (κ2) is 24.6. The van der Waals surface area contributed by atoms with Gasteiger partial charge in [0.15, 0.2) is 5.65 Å². The van der Waals surface area contributed by atoms with Gasteiger partial charge in [0.25, 0.3) is 5.91 Å². The zero-order valence-corrected chi connectivity index (χ0v) is 30.7. The Morgan fingerprint density at radius 3 is 2.00 bits per heavy atom. The lowest BCUT2D eigenvalue weighted by atomic mass is 9.91. The van der Waals surface area contributed by atoms with Crippen molar-refractivity contribution in [3.63, 3.8) is 0 Å². The molecular formula is C33H43ClN10O11. The minimum absolute atomic E-state index is 0. The Labute approximate surface area is 320 Å². The topological polar surface area (TPSA) is 365 Å². The highest BCUT2D eigenvalue weighted by atomic mass is 35.5. The molecule has 0 fully saturated rings. The fourth-order valence-corrected chi connectivity index (χ4v) is 4.44. The van der Waals surface area contributed by atoms with Crippen molar-refractivity contribution in [3.05, 3.63) is 58.4 Å². The summed E-state index contributed by atoms with van der Waals surface area (Å²) in [5.41, 5.74) is 16.4. The van der Waals surface area contributed by atoms with Crippen molar-refractivity contribution in [2.45, 2.75) is 83.7 Å². The van der Waals surface area contributed by atoms with E-state index >= 15 is 0 Å². The number of amides is 2. The van der Waals surface area contributed by atoms with Gasteiger partial charge in [0.1, 0.15) is 23.4 Å². The van der Waals surface area contributed by atoms with E-state index in [4.69, 9.17) is 32.0 Å². The third-order valence-electron chi connectivity index (χ3n) is 7.23. The number of carbonyl (C=O) groups excluding carboxylic acids is 3. The number of rotatable bonds is 17. The molecule has 298 valence electrons. The predicted molar refractivity (Wildman–Crippen MR) is 189 cm³/mol. The Bertz CT molecular complexity index is 1940. The quantitative estimate of drug-likeness (QED) is 0.0406. The molecule has 1 aromatic carbocycles. The lowest BCUT2D eigenvalue weighted by molar-refractivity contribution is -0.142. The summed E-state index contributed by atoms with van der Waals surface area (Å²) in [7, 11) is 0. The van der Waals surface area contributed by atoms with Crippen LogP contribution in [0.2, 0.25) is 0 Å². The molecule has 0 spiro atoms. The molecule has 0 aliphatic rings. The van der Waals surface area contributed by atoms with Gasteiger partial charge in [0, 0.05) is 31.7 Å². The van der Waals surface area contributed by atoms with Crippen molar-refractivity contribution in [2.75, 3.05) is 5.73 Å². The van der Waals surface area contributed by atoms with Crippen LogP contribution in [0, 0.1) is 5.41 Å². The first-order valence-electron chi connectivity index (χ1n) is 16.2. The third kappa shape index (κ3) is 18.1. The normalized spacial score (nSPS) is 11.5. The number of carbonyl (C=O) groups is 7. The van der Waals surface area contributed by atoms with E-state index in [0.29, 0.717) is 23.8 Å². The van der Waals surface area contributed by atoms with E-state index in [0.717, 1.165) is 12.0 Å². The number of carboxylic acids is 4. The fourth-order valence-electron chi connectivity index (χ4n) is 4.44. The summed E-state index contributed by atoms with van der Waals surface area (Å²) in [5.74, 6) is -5.67. The number of aromatic amines is 1. The van der Waals surface area contributed by atoms with Crippen molar-refractivity contribution in [3.8, 4) is 0 Å². The van der Waals surface area contributed by atoms with Gasteiger partial charge in [-0.15, -0.1) is 0 Å². The summed E-state index contributed by atoms with van der Waals surface area (Å²) >= 11 is 0. The molecule has 1 unspecified atom stereocenters. The summed E-state index contributed by atoms with van der Waals surface area (Å²) in [6.45, 7) is 4.81. The SMILES string of the molecule is CC(=O)N[C@@H](CCC(=O)C=[N+]=[N-])C(=O)O.CCC(=O)O.CCC(Cc1cnc2nc(=N)[nH]c(N)c2n1)c1ccc(C(=O)N[C@@H](CCC(=O)O)C(=O)O)cc1.[Cl-].[H+]. The first kappa shape index (κ1) is 48.4. The monoisotopic (exact) mass is 790 g/mol. The second-order valence-corrected chi connectivity index (χ2v) is 11.3. The van der Waals surface area contributed by atoms with E-state index in [-0.39, 0.29) is 74.5 Å². The van der Waals surface area contributed by atoms with Crippen LogP contribution in [0.15, 0.2) is 30.5 Å². The van der Waals surface area contributed by atoms with Crippen molar-refractivity contribution in [1.82, 2.24) is 30.6 Å². The van der Waals surface area contributed by atoms with Gasteiger partial charge in [0.2, 0.25) is 17.3 Å². The Morgan fingerprint density at radius 1 is 0.945 bits per heavy atom. The molecule has 55 heavy (non-hydrogen) atoms. The summed E-state index contributed by atoms with van der Waals surface area (Å²) in [4.78, 5) is 93.8. The number of nitrogens with zero attached hydrogens (tertiary/aromatic N) is 5. The first-order chi connectivity index (χ1) is 25.4. The maximum atomic E-state index is 12.5. The summed E-state index contributed by atoms with van der Waals surface area (Å²) < 4.78 is 0. The van der Waals surface area contributed by atoms with Gasteiger partial charge in [-0.25, -0.2) is 19.6 Å². The molecule has 0 radical (unpaired) electrons. The van der Waals surface area contributed by atoms with Gasteiger partial charge >= 0.3 is 31.5 Å². The lowest BCUT2D eigenvalue weighted by Crippen LogP contribution is -3.00. The number of anilines is 1. The number of nitrogens with one attached hydrogen (secondary N) is 4. The molecule has 0 aliphatic heterocycles. The molecule has 2 amide bonds. The highest BCUT2D eigenvalue weighted by Gasteiger charge is 2.22. The number of nitrogens with two attached hydrogens (primary N) is 1. The average Bonchev–Trinajstić information content (AvgIpc) is 3.11. The van der Waals surface area contributed by atoms with Crippen LogP contribution in [0.5, 0.6) is 0 Å². The molecule has 21 nitrogen and oxygen atoms in total. The van der Waals surface area contributed by atoms with Crippen LogP contribution in [0.4, 0.5) is 5.82 Å². The van der Waals surface area contributed by atoms with Crippen LogP contribution in [0.3, 0.4) is 0 Å². The van der Waals surface area contributed by atoms with Gasteiger partial charge in [0.05, 0.1) is 11.9 Å². The van der Waals surface area contributed by atoms with Gasteiger partial charge in [-0.1, -0.05) is 26.0 Å². The minimum atomic E-state index is -1.29. The molecule has 3 aromatic rings. The Kier molecular flexibility index (Phi) is 21.7. The van der Waals surface area contributed by atoms with Crippen LogP contribution in [0.25, 0.3) is 16.7 Å². The van der Waals surface area contributed by atoms with Crippen LogP contribution in [0.1, 0.15) is 88.3 Å². The number of aliphatic carboxylic acids is 4. The Hall–Kier alpha value is -6.60. The van der Waals surface area contributed by atoms with Gasteiger partial charge in [-0.05, 0) is 49.3 Å². The van der Waals surface area contributed by atoms with E-state index in [9.17, 15) is 38.7 Å². The van der Waals surface area contributed by atoms with E-state index in [1.807, 2.05) is 6.92 Å². The maximum Gasteiger partial charge on any atom is 1.00 e. The zero-order chi connectivity index (χ0) is 41.0. The fraction of sp³-hybridized carbons (Fsp3) is 0.394. The van der Waals surface area contributed by atoms with Gasteiger partial charge < -0.3 is 59.7 Å². The molecule has 2 aromatic heterocycles. The van der Waals surface area contributed by atoms with E-state index in [1.165, 1.54) is 6.92 Å². The van der Waals surface area contributed by atoms with Gasteiger partial charge in [-0.3, -0.25) is 29.4 Å². The number of aromatic nitrogens is 4. The largest absolute Gasteiger partial charge is 1.00 e. The highest BCUT2D eigenvalue weighted by molar-refractivity contribution is 6.25. The number of hydrogen-bond acceptors (Lipinski definition) is 12. The first-order valence-corrected chi connectivity index (χ1v) is 16.2. The highest BCUT2D eigenvalue weighted by Crippen LogP contribution is 2.25. The number of carboxylic acid groups (broad SMARTS) is 4. The molecule has 0 saturated carbocycles. The van der Waals surface area contributed by atoms with Crippen LogP contribution < -0.4 is 34.4 Å². The van der Waals surface area contributed by atoms with Crippen LogP contribution in [-0.2, 0) is 35.2 Å². The molecule has 0 bridgehead atoms.